The zero-order valence-electron chi connectivity index (χ0n) is 11.6. The van der Waals surface area contributed by atoms with Gasteiger partial charge in [0.15, 0.2) is 0 Å². The van der Waals surface area contributed by atoms with Crippen molar-refractivity contribution in [3.63, 3.8) is 0 Å². The SMILES string of the molecule is CC(NC(=O)c1cccs1)C(=O)NCCCN(C)C. The van der Waals surface area contributed by atoms with Gasteiger partial charge in [-0.15, -0.1) is 11.3 Å². The molecule has 1 rings (SSSR count). The molecule has 0 radical (unpaired) electrons. The molecule has 1 unspecified atom stereocenters. The van der Waals surface area contributed by atoms with E-state index in [-0.39, 0.29) is 11.8 Å². The molecule has 0 bridgehead atoms. The van der Waals surface area contributed by atoms with E-state index >= 15 is 0 Å². The van der Waals surface area contributed by atoms with E-state index in [4.69, 9.17) is 0 Å². The number of nitrogens with zero attached hydrogens (tertiary/aromatic N) is 1. The van der Waals surface area contributed by atoms with E-state index in [0.29, 0.717) is 11.4 Å². The summed E-state index contributed by atoms with van der Waals surface area (Å²) in [6.07, 6.45) is 0.893. The Hall–Kier alpha value is -1.40. The van der Waals surface area contributed by atoms with Gasteiger partial charge < -0.3 is 15.5 Å². The molecule has 106 valence electrons. The first-order chi connectivity index (χ1) is 9.00. The van der Waals surface area contributed by atoms with Crippen molar-refractivity contribution < 1.29 is 9.59 Å². The van der Waals surface area contributed by atoms with E-state index in [1.165, 1.54) is 11.3 Å². The molecule has 0 aliphatic heterocycles. The van der Waals surface area contributed by atoms with Crippen LogP contribution in [0.2, 0.25) is 0 Å². The minimum atomic E-state index is -0.519. The van der Waals surface area contributed by atoms with E-state index in [2.05, 4.69) is 15.5 Å². The number of nitrogens with one attached hydrogen (secondary N) is 2. The molecule has 2 N–H and O–H groups in total. The Kier molecular flexibility index (Phi) is 6.52. The van der Waals surface area contributed by atoms with Crippen molar-refractivity contribution in [2.45, 2.75) is 19.4 Å². The molecule has 19 heavy (non-hydrogen) atoms. The average molecular weight is 283 g/mol. The molecule has 1 heterocycles. The van der Waals surface area contributed by atoms with Crippen molar-refractivity contribution >= 4 is 23.2 Å². The maximum Gasteiger partial charge on any atom is 0.261 e. The Balaban J connectivity index is 2.27. The summed E-state index contributed by atoms with van der Waals surface area (Å²) in [6.45, 7) is 3.24. The maximum atomic E-state index is 11.8. The fourth-order valence-electron chi connectivity index (χ4n) is 1.50. The molecule has 2 amide bonds. The summed E-state index contributed by atoms with van der Waals surface area (Å²) in [7, 11) is 3.98. The van der Waals surface area contributed by atoms with Crippen molar-refractivity contribution in [2.24, 2.45) is 0 Å². The van der Waals surface area contributed by atoms with E-state index in [0.717, 1.165) is 13.0 Å². The highest BCUT2D eigenvalue weighted by molar-refractivity contribution is 7.12. The number of hydrogen-bond donors (Lipinski definition) is 2. The number of carbonyl (C=O) groups excluding carboxylic acids is 2. The Morgan fingerprint density at radius 3 is 2.74 bits per heavy atom. The van der Waals surface area contributed by atoms with Gasteiger partial charge in [-0.05, 0) is 45.4 Å². The van der Waals surface area contributed by atoms with Gasteiger partial charge in [0.25, 0.3) is 5.91 Å². The molecule has 1 aromatic heterocycles. The molecule has 1 atom stereocenters. The van der Waals surface area contributed by atoms with Crippen molar-refractivity contribution in [3.05, 3.63) is 22.4 Å². The topological polar surface area (TPSA) is 61.4 Å². The fraction of sp³-hybridized carbons (Fsp3) is 0.538. The minimum Gasteiger partial charge on any atom is -0.354 e. The van der Waals surface area contributed by atoms with E-state index in [1.54, 1.807) is 13.0 Å². The number of rotatable bonds is 7. The van der Waals surface area contributed by atoms with Crippen LogP contribution in [0.25, 0.3) is 0 Å². The molecule has 0 aliphatic carbocycles. The van der Waals surface area contributed by atoms with Crippen molar-refractivity contribution in [1.82, 2.24) is 15.5 Å². The standard InChI is InChI=1S/C13H21N3O2S/c1-10(12(17)14-7-5-8-16(2)3)15-13(18)11-6-4-9-19-11/h4,6,9-10H,5,7-8H2,1-3H3,(H,14,17)(H,15,18). The van der Waals surface area contributed by atoms with E-state index in [9.17, 15) is 9.59 Å². The van der Waals surface area contributed by atoms with Crippen molar-refractivity contribution in [3.8, 4) is 0 Å². The first-order valence-corrected chi connectivity index (χ1v) is 7.15. The highest BCUT2D eigenvalue weighted by Crippen LogP contribution is 2.07. The molecular formula is C13H21N3O2S. The van der Waals surface area contributed by atoms with Gasteiger partial charge in [0.05, 0.1) is 4.88 Å². The van der Waals surface area contributed by atoms with Crippen LogP contribution in [0.4, 0.5) is 0 Å². The fourth-order valence-corrected chi connectivity index (χ4v) is 2.13. The molecule has 1 aromatic rings. The summed E-state index contributed by atoms with van der Waals surface area (Å²) in [5.41, 5.74) is 0. The van der Waals surface area contributed by atoms with Gasteiger partial charge in [-0.3, -0.25) is 9.59 Å². The lowest BCUT2D eigenvalue weighted by Gasteiger charge is -2.14. The van der Waals surface area contributed by atoms with Gasteiger partial charge in [-0.1, -0.05) is 6.07 Å². The van der Waals surface area contributed by atoms with Crippen LogP contribution in [0.3, 0.4) is 0 Å². The van der Waals surface area contributed by atoms with E-state index < -0.39 is 6.04 Å². The van der Waals surface area contributed by atoms with Gasteiger partial charge in [-0.2, -0.15) is 0 Å². The van der Waals surface area contributed by atoms with Crippen LogP contribution in [0.15, 0.2) is 17.5 Å². The summed E-state index contributed by atoms with van der Waals surface area (Å²) in [5, 5.41) is 7.33. The summed E-state index contributed by atoms with van der Waals surface area (Å²) >= 11 is 1.36. The normalized spacial score (nSPS) is 12.2. The van der Waals surface area contributed by atoms with Crippen molar-refractivity contribution in [2.75, 3.05) is 27.2 Å². The Morgan fingerprint density at radius 1 is 1.42 bits per heavy atom. The third kappa shape index (κ3) is 5.85. The molecule has 5 nitrogen and oxygen atoms in total. The molecular weight excluding hydrogens is 262 g/mol. The molecule has 0 aromatic carbocycles. The lowest BCUT2D eigenvalue weighted by atomic mass is 10.3. The van der Waals surface area contributed by atoms with Crippen LogP contribution in [-0.4, -0.2) is 49.9 Å². The number of amides is 2. The summed E-state index contributed by atoms with van der Waals surface area (Å²) in [5.74, 6) is -0.352. The number of hydrogen-bond acceptors (Lipinski definition) is 4. The van der Waals surface area contributed by atoms with Gasteiger partial charge in [0, 0.05) is 6.54 Å². The molecule has 0 fully saturated rings. The second-order valence-corrected chi connectivity index (χ2v) is 5.57. The Labute approximate surface area is 118 Å². The number of carbonyl (C=O) groups is 2. The Bertz CT molecular complexity index is 404. The summed E-state index contributed by atoms with van der Waals surface area (Å²) < 4.78 is 0. The highest BCUT2D eigenvalue weighted by Gasteiger charge is 2.16. The van der Waals surface area contributed by atoms with Crippen LogP contribution in [0.5, 0.6) is 0 Å². The number of thiophene rings is 1. The van der Waals surface area contributed by atoms with Crippen LogP contribution in [0.1, 0.15) is 23.0 Å². The quantitative estimate of drug-likeness (QED) is 0.732. The maximum absolute atomic E-state index is 11.8. The van der Waals surface area contributed by atoms with Gasteiger partial charge in [0.2, 0.25) is 5.91 Å². The summed E-state index contributed by atoms with van der Waals surface area (Å²) in [4.78, 5) is 26.2. The Morgan fingerprint density at radius 2 is 2.16 bits per heavy atom. The zero-order valence-corrected chi connectivity index (χ0v) is 12.4. The third-order valence-electron chi connectivity index (χ3n) is 2.57. The third-order valence-corrected chi connectivity index (χ3v) is 3.44. The van der Waals surface area contributed by atoms with E-state index in [1.807, 2.05) is 25.5 Å². The van der Waals surface area contributed by atoms with Crippen LogP contribution in [-0.2, 0) is 4.79 Å². The predicted molar refractivity (Wildman–Crippen MR) is 77.4 cm³/mol. The molecule has 0 aliphatic rings. The second kappa shape index (κ2) is 7.91. The smallest absolute Gasteiger partial charge is 0.261 e. The first-order valence-electron chi connectivity index (χ1n) is 6.27. The highest BCUT2D eigenvalue weighted by atomic mass is 32.1. The predicted octanol–water partition coefficient (Wildman–Crippen LogP) is 0.934. The minimum absolute atomic E-state index is 0.149. The monoisotopic (exact) mass is 283 g/mol. The van der Waals surface area contributed by atoms with Gasteiger partial charge in [-0.25, -0.2) is 0 Å². The zero-order chi connectivity index (χ0) is 14.3. The first kappa shape index (κ1) is 15.7. The van der Waals surface area contributed by atoms with Crippen molar-refractivity contribution in [1.29, 1.82) is 0 Å². The van der Waals surface area contributed by atoms with Crippen LogP contribution < -0.4 is 10.6 Å². The van der Waals surface area contributed by atoms with Crippen LogP contribution in [0, 0.1) is 0 Å². The molecule has 0 saturated heterocycles. The van der Waals surface area contributed by atoms with Gasteiger partial charge >= 0.3 is 0 Å². The lowest BCUT2D eigenvalue weighted by Crippen LogP contribution is -2.45. The van der Waals surface area contributed by atoms with Gasteiger partial charge in [0.1, 0.15) is 6.04 Å². The summed E-state index contributed by atoms with van der Waals surface area (Å²) in [6, 6.07) is 3.03. The largest absolute Gasteiger partial charge is 0.354 e. The lowest BCUT2D eigenvalue weighted by molar-refractivity contribution is -0.122. The second-order valence-electron chi connectivity index (χ2n) is 4.62. The molecule has 6 heteroatoms. The average Bonchev–Trinajstić information content (AvgIpc) is 2.87. The van der Waals surface area contributed by atoms with Crippen LogP contribution >= 0.6 is 11.3 Å². The molecule has 0 spiro atoms. The molecule has 0 saturated carbocycles.